The number of hydrazone groups is 1. The standard InChI is InChI=1S/C31H40N2O8/c1-28-9-6-22-23(31(28,39)12-8-21(28)19-14-26(36)41-16-19)7-11-30(38)15-20(34)5-10-29(22,30)17-32-33-27(37)18-3-4-24(35)25(13-18)40-2/h3-4,13-14,17,20-23,34-35,38-39H,5-12,15-16H2,1-2H3,(H,33,37)/b32-17-/t20-,21+,22+,23-,28-,29+,30-,31-/m1/s1. The predicted molar refractivity (Wildman–Crippen MR) is 148 cm³/mol. The van der Waals surface area contributed by atoms with Crippen molar-refractivity contribution in [2.24, 2.45) is 33.7 Å². The summed E-state index contributed by atoms with van der Waals surface area (Å²) in [6, 6.07) is 4.27. The van der Waals surface area contributed by atoms with Crippen LogP contribution in [-0.4, -0.2) is 69.5 Å². The van der Waals surface area contributed by atoms with Gasteiger partial charge < -0.3 is 29.9 Å². The molecule has 4 aliphatic carbocycles. The molecule has 10 nitrogen and oxygen atoms in total. The van der Waals surface area contributed by atoms with E-state index >= 15 is 0 Å². The fourth-order valence-electron chi connectivity index (χ4n) is 9.45. The lowest BCUT2D eigenvalue weighted by Crippen LogP contribution is -2.68. The lowest BCUT2D eigenvalue weighted by atomic mass is 9.41. The number of methoxy groups -OCH3 is 1. The van der Waals surface area contributed by atoms with Crippen molar-refractivity contribution in [1.82, 2.24) is 5.43 Å². The fraction of sp³-hybridized carbons (Fsp3) is 0.645. The van der Waals surface area contributed by atoms with Gasteiger partial charge in [0.25, 0.3) is 5.91 Å². The Morgan fingerprint density at radius 1 is 1.12 bits per heavy atom. The number of nitrogens with one attached hydrogen (secondary N) is 1. The number of phenols is 1. The molecule has 0 saturated heterocycles. The molecule has 8 atom stereocenters. The first-order chi connectivity index (χ1) is 19.5. The van der Waals surface area contributed by atoms with E-state index in [4.69, 9.17) is 9.47 Å². The molecular formula is C31H40N2O8. The number of ether oxygens (including phenoxy) is 2. The molecule has 222 valence electrons. The van der Waals surface area contributed by atoms with Gasteiger partial charge in [-0.1, -0.05) is 6.92 Å². The smallest absolute Gasteiger partial charge is 0.331 e. The molecule has 0 radical (unpaired) electrons. The second-order valence-corrected chi connectivity index (χ2v) is 13.1. The molecule has 4 saturated carbocycles. The third-order valence-electron chi connectivity index (χ3n) is 11.5. The molecule has 1 aromatic rings. The number of amides is 1. The molecule has 0 spiro atoms. The van der Waals surface area contributed by atoms with Crippen LogP contribution in [0, 0.1) is 28.6 Å². The van der Waals surface area contributed by atoms with Crippen molar-refractivity contribution in [2.45, 2.75) is 82.0 Å². The summed E-state index contributed by atoms with van der Waals surface area (Å²) < 4.78 is 10.3. The Morgan fingerprint density at radius 3 is 2.63 bits per heavy atom. The van der Waals surface area contributed by atoms with E-state index in [1.165, 1.54) is 25.3 Å². The molecule has 0 aromatic heterocycles. The topological polar surface area (TPSA) is 158 Å². The number of fused-ring (bicyclic) bond motifs is 5. The Labute approximate surface area is 239 Å². The molecule has 5 aliphatic rings. The first-order valence-electron chi connectivity index (χ1n) is 14.7. The third-order valence-corrected chi connectivity index (χ3v) is 11.5. The van der Waals surface area contributed by atoms with Crippen molar-refractivity contribution in [3.05, 3.63) is 35.4 Å². The second-order valence-electron chi connectivity index (χ2n) is 13.1. The van der Waals surface area contributed by atoms with Gasteiger partial charge in [-0.25, -0.2) is 10.2 Å². The molecule has 4 fully saturated rings. The van der Waals surface area contributed by atoms with Gasteiger partial charge >= 0.3 is 5.97 Å². The largest absolute Gasteiger partial charge is 0.504 e. The average Bonchev–Trinajstić information content (AvgIpc) is 3.48. The number of benzene rings is 1. The summed E-state index contributed by atoms with van der Waals surface area (Å²) in [5.74, 6) is -0.870. The minimum Gasteiger partial charge on any atom is -0.504 e. The van der Waals surface area contributed by atoms with Crippen LogP contribution in [0.3, 0.4) is 0 Å². The van der Waals surface area contributed by atoms with Crippen LogP contribution in [0.15, 0.2) is 34.9 Å². The van der Waals surface area contributed by atoms with Crippen molar-refractivity contribution in [1.29, 1.82) is 0 Å². The zero-order valence-electron chi connectivity index (χ0n) is 23.6. The maximum absolute atomic E-state index is 12.9. The molecule has 41 heavy (non-hydrogen) atoms. The molecule has 1 aliphatic heterocycles. The third kappa shape index (κ3) is 4.12. The zero-order valence-corrected chi connectivity index (χ0v) is 23.6. The van der Waals surface area contributed by atoms with Crippen LogP contribution in [0.1, 0.15) is 75.1 Å². The molecule has 1 heterocycles. The van der Waals surface area contributed by atoms with Crippen molar-refractivity contribution in [3.8, 4) is 11.5 Å². The number of hydrogen-bond acceptors (Lipinski definition) is 9. The monoisotopic (exact) mass is 568 g/mol. The van der Waals surface area contributed by atoms with E-state index in [0.717, 1.165) is 24.8 Å². The maximum Gasteiger partial charge on any atom is 0.331 e. The van der Waals surface area contributed by atoms with Crippen LogP contribution < -0.4 is 10.2 Å². The number of aliphatic hydroxyl groups is 3. The SMILES string of the molecule is COc1cc(C(=O)N/N=C\[C@]23CC[C@@H](O)C[C@]2(O)CC[C@@H]2[C@@H]3CC[C@]3(C)[C@H](C4=CC(=O)OC4)CC[C@@]23O)ccc1O. The minimum absolute atomic E-state index is 0.0556. The Morgan fingerprint density at radius 2 is 1.90 bits per heavy atom. The van der Waals surface area contributed by atoms with Crippen LogP contribution in [0.4, 0.5) is 0 Å². The van der Waals surface area contributed by atoms with Crippen molar-refractivity contribution >= 4 is 18.1 Å². The molecule has 5 N–H and O–H groups in total. The van der Waals surface area contributed by atoms with Gasteiger partial charge in [0.05, 0.1) is 24.4 Å². The van der Waals surface area contributed by atoms with Crippen LogP contribution in [0.5, 0.6) is 11.5 Å². The first kappa shape index (κ1) is 28.2. The first-order valence-corrected chi connectivity index (χ1v) is 14.7. The summed E-state index contributed by atoms with van der Waals surface area (Å²) in [4.78, 5) is 24.8. The Kier molecular flexibility index (Phi) is 6.75. The normalized spacial score (nSPS) is 41.7. The zero-order chi connectivity index (χ0) is 29.2. The Bertz CT molecular complexity index is 1310. The molecular weight excluding hydrogens is 528 g/mol. The number of carbonyl (C=O) groups excluding carboxylic acids is 2. The summed E-state index contributed by atoms with van der Waals surface area (Å²) in [7, 11) is 1.40. The molecule has 1 amide bonds. The van der Waals surface area contributed by atoms with Crippen molar-refractivity contribution < 1.29 is 39.5 Å². The highest BCUT2D eigenvalue weighted by Crippen LogP contribution is 2.70. The fourth-order valence-corrected chi connectivity index (χ4v) is 9.45. The van der Waals surface area contributed by atoms with E-state index in [9.17, 15) is 30.0 Å². The lowest BCUT2D eigenvalue weighted by Gasteiger charge is -2.65. The number of esters is 1. The van der Waals surface area contributed by atoms with Gasteiger partial charge in [0, 0.05) is 35.1 Å². The molecule has 6 rings (SSSR count). The number of carbonyl (C=O) groups is 2. The highest BCUT2D eigenvalue weighted by molar-refractivity contribution is 5.95. The van der Waals surface area contributed by atoms with E-state index in [-0.39, 0.29) is 53.8 Å². The lowest BCUT2D eigenvalue weighted by molar-refractivity contribution is -0.237. The van der Waals surface area contributed by atoms with E-state index in [0.29, 0.717) is 32.1 Å². The summed E-state index contributed by atoms with van der Waals surface area (Å²) in [5, 5.41) is 49.5. The number of aromatic hydroxyl groups is 1. The van der Waals surface area contributed by atoms with E-state index in [1.54, 1.807) is 12.3 Å². The van der Waals surface area contributed by atoms with Crippen LogP contribution in [0.25, 0.3) is 0 Å². The number of phenolic OH excluding ortho intramolecular Hbond substituents is 1. The summed E-state index contributed by atoms with van der Waals surface area (Å²) in [5.41, 5.74) is 0.326. The van der Waals surface area contributed by atoms with Gasteiger partial charge in [0.1, 0.15) is 6.61 Å². The summed E-state index contributed by atoms with van der Waals surface area (Å²) in [6.45, 7) is 2.42. The quantitative estimate of drug-likeness (QED) is 0.206. The number of rotatable bonds is 5. The maximum atomic E-state index is 12.9. The van der Waals surface area contributed by atoms with Crippen LogP contribution in [0.2, 0.25) is 0 Å². The highest BCUT2D eigenvalue weighted by atomic mass is 16.5. The van der Waals surface area contributed by atoms with E-state index in [1.807, 2.05) is 0 Å². The van der Waals surface area contributed by atoms with Gasteiger partial charge in [-0.15, -0.1) is 0 Å². The van der Waals surface area contributed by atoms with Gasteiger partial charge in [0.2, 0.25) is 0 Å². The summed E-state index contributed by atoms with van der Waals surface area (Å²) >= 11 is 0. The van der Waals surface area contributed by atoms with Gasteiger partial charge in [-0.2, -0.15) is 5.10 Å². The van der Waals surface area contributed by atoms with Crippen LogP contribution in [-0.2, 0) is 9.53 Å². The molecule has 0 bridgehead atoms. The number of hydrogen-bond donors (Lipinski definition) is 5. The average molecular weight is 569 g/mol. The van der Waals surface area contributed by atoms with E-state index < -0.39 is 34.0 Å². The van der Waals surface area contributed by atoms with E-state index in [2.05, 4.69) is 17.5 Å². The minimum atomic E-state index is -1.22. The van der Waals surface area contributed by atoms with Gasteiger partial charge in [-0.05, 0) is 92.9 Å². The Balaban J connectivity index is 1.31. The highest BCUT2D eigenvalue weighted by Gasteiger charge is 2.71. The predicted octanol–water partition coefficient (Wildman–Crippen LogP) is 2.83. The number of cyclic esters (lactones) is 1. The van der Waals surface area contributed by atoms with Crippen molar-refractivity contribution in [2.75, 3.05) is 13.7 Å². The Hall–Kier alpha value is -2.95. The van der Waals surface area contributed by atoms with Gasteiger partial charge in [0.15, 0.2) is 11.5 Å². The van der Waals surface area contributed by atoms with Crippen molar-refractivity contribution in [3.63, 3.8) is 0 Å². The van der Waals surface area contributed by atoms with Crippen LogP contribution >= 0.6 is 0 Å². The molecule has 0 unspecified atom stereocenters. The van der Waals surface area contributed by atoms with Gasteiger partial charge in [-0.3, -0.25) is 4.79 Å². The second kappa shape index (κ2) is 9.81. The number of nitrogens with zero attached hydrogens (tertiary/aromatic N) is 1. The molecule has 10 heteroatoms. The number of aliphatic hydroxyl groups excluding tert-OH is 1. The summed E-state index contributed by atoms with van der Waals surface area (Å²) in [6.07, 6.45) is 7.71. The molecule has 1 aromatic carbocycles.